The molecular formula is C36H57N3O9. The molecule has 1 rings (SSSR count). The number of esters is 3. The van der Waals surface area contributed by atoms with E-state index in [1.807, 2.05) is 0 Å². The Morgan fingerprint density at radius 1 is 0.458 bits per heavy atom. The van der Waals surface area contributed by atoms with E-state index in [0.29, 0.717) is 0 Å². The first kappa shape index (κ1) is 42.1. The molecule has 3 amide bonds. The Hall–Kier alpha value is -3.96. The third-order valence-corrected chi connectivity index (χ3v) is 8.92. The van der Waals surface area contributed by atoms with Crippen molar-refractivity contribution >= 4 is 35.6 Å². The number of rotatable bonds is 9. The van der Waals surface area contributed by atoms with Crippen LogP contribution in [0.2, 0.25) is 0 Å². The number of hydrogen-bond acceptors (Lipinski definition) is 9. The highest BCUT2D eigenvalue weighted by molar-refractivity contribution is 5.94. The number of ether oxygens (including phenoxy) is 3. The van der Waals surface area contributed by atoms with Gasteiger partial charge in [-0.3, -0.25) is 14.4 Å². The molecule has 0 aromatic rings. The van der Waals surface area contributed by atoms with Crippen LogP contribution in [0.25, 0.3) is 0 Å². The molecule has 0 bridgehead atoms. The van der Waals surface area contributed by atoms with Crippen molar-refractivity contribution in [2.75, 3.05) is 21.1 Å². The smallest absolute Gasteiger partial charge is 0.329 e. The van der Waals surface area contributed by atoms with Gasteiger partial charge >= 0.3 is 17.9 Å². The summed E-state index contributed by atoms with van der Waals surface area (Å²) in [5, 5.41) is 0. The van der Waals surface area contributed by atoms with Gasteiger partial charge in [0.25, 0.3) is 17.7 Å². The van der Waals surface area contributed by atoms with Crippen LogP contribution >= 0.6 is 0 Å². The maximum Gasteiger partial charge on any atom is 0.329 e. The highest BCUT2D eigenvalue weighted by atomic mass is 16.6. The van der Waals surface area contributed by atoms with Gasteiger partial charge in [-0.25, -0.2) is 14.4 Å². The van der Waals surface area contributed by atoms with Gasteiger partial charge in [0.2, 0.25) is 0 Å². The molecule has 0 N–H and O–H groups in total. The van der Waals surface area contributed by atoms with E-state index in [2.05, 4.69) is 19.7 Å². The van der Waals surface area contributed by atoms with Crippen LogP contribution in [0.1, 0.15) is 62.3 Å². The average Bonchev–Trinajstić information content (AvgIpc) is 3.01. The van der Waals surface area contributed by atoms with Gasteiger partial charge in [-0.2, -0.15) is 0 Å². The van der Waals surface area contributed by atoms with Crippen LogP contribution in [0.5, 0.6) is 0 Å². The van der Waals surface area contributed by atoms with Crippen molar-refractivity contribution in [1.82, 2.24) is 14.7 Å². The van der Waals surface area contributed by atoms with E-state index < -0.39 is 108 Å². The van der Waals surface area contributed by atoms with Crippen molar-refractivity contribution in [3.8, 4) is 0 Å². The fraction of sp³-hybridized carbons (Fsp3) is 0.667. The second-order valence-electron chi connectivity index (χ2n) is 13.8. The number of nitrogens with zero attached hydrogens (tertiary/aromatic N) is 3. The fourth-order valence-electron chi connectivity index (χ4n) is 5.75. The van der Waals surface area contributed by atoms with Crippen LogP contribution in [0.15, 0.2) is 38.0 Å². The Morgan fingerprint density at radius 2 is 0.646 bits per heavy atom. The van der Waals surface area contributed by atoms with Crippen molar-refractivity contribution in [2.24, 2.45) is 35.5 Å². The molecule has 0 spiro atoms. The first-order chi connectivity index (χ1) is 22.2. The molecule has 1 aliphatic rings. The van der Waals surface area contributed by atoms with Crippen molar-refractivity contribution in [2.45, 2.75) is 98.8 Å². The van der Waals surface area contributed by atoms with Crippen LogP contribution in [-0.2, 0) is 43.0 Å². The molecule has 270 valence electrons. The molecule has 12 nitrogen and oxygen atoms in total. The van der Waals surface area contributed by atoms with Crippen molar-refractivity contribution < 1.29 is 43.0 Å². The monoisotopic (exact) mass is 675 g/mol. The minimum atomic E-state index is -1.42. The summed E-state index contributed by atoms with van der Waals surface area (Å²) in [5.41, 5.74) is 0. The SMILES string of the molecule is C=CC(C)C1OC(=O)C(C(C)C)N(C)C(=O)C(C(C)C=C)OC(=O)C(C(C)C)N(C)C(=O)C(C(C)C=C)OC(=O)C(C(C)C)N(C)C1=O. The molecule has 9 atom stereocenters. The van der Waals surface area contributed by atoms with E-state index >= 15 is 0 Å². The van der Waals surface area contributed by atoms with Gasteiger partial charge in [-0.05, 0) is 17.8 Å². The fourth-order valence-corrected chi connectivity index (χ4v) is 5.75. The van der Waals surface area contributed by atoms with Gasteiger partial charge in [-0.1, -0.05) is 80.5 Å². The summed E-state index contributed by atoms with van der Waals surface area (Å²) < 4.78 is 17.5. The van der Waals surface area contributed by atoms with E-state index in [9.17, 15) is 28.8 Å². The number of carbonyl (C=O) groups excluding carboxylic acids is 6. The Bertz CT molecular complexity index is 1080. The van der Waals surface area contributed by atoms with Gasteiger partial charge in [0.05, 0.1) is 0 Å². The zero-order valence-electron chi connectivity index (χ0n) is 30.8. The molecule has 12 heteroatoms. The lowest BCUT2D eigenvalue weighted by molar-refractivity contribution is -0.181. The number of likely N-dealkylation sites (N-methyl/N-ethyl adjacent to an activating group) is 3. The lowest BCUT2D eigenvalue weighted by Crippen LogP contribution is -2.58. The minimum Gasteiger partial charge on any atom is -0.450 e. The number of cyclic esters (lactones) is 3. The van der Waals surface area contributed by atoms with E-state index in [1.165, 1.54) is 39.4 Å². The molecule has 1 saturated heterocycles. The van der Waals surface area contributed by atoms with Crippen molar-refractivity contribution in [1.29, 1.82) is 0 Å². The van der Waals surface area contributed by atoms with Crippen molar-refractivity contribution in [3.05, 3.63) is 38.0 Å². The maximum atomic E-state index is 14.0. The molecular weight excluding hydrogens is 618 g/mol. The molecule has 0 aromatic heterocycles. The Morgan fingerprint density at radius 3 is 0.792 bits per heavy atom. The lowest BCUT2D eigenvalue weighted by Gasteiger charge is -2.38. The van der Waals surface area contributed by atoms with Gasteiger partial charge < -0.3 is 28.9 Å². The molecule has 1 aliphatic heterocycles. The zero-order chi connectivity index (χ0) is 37.4. The number of carbonyl (C=O) groups is 6. The second kappa shape index (κ2) is 18.0. The van der Waals surface area contributed by atoms with Gasteiger partial charge in [-0.15, -0.1) is 19.7 Å². The molecule has 0 aliphatic carbocycles. The first-order valence-electron chi connectivity index (χ1n) is 16.5. The topological polar surface area (TPSA) is 140 Å². The van der Waals surface area contributed by atoms with Crippen LogP contribution in [0.4, 0.5) is 0 Å². The zero-order valence-corrected chi connectivity index (χ0v) is 30.8. The summed E-state index contributed by atoms with van der Waals surface area (Å²) in [6, 6.07) is -3.57. The Balaban J connectivity index is 4.07. The molecule has 1 heterocycles. The van der Waals surface area contributed by atoms with Crippen LogP contribution < -0.4 is 0 Å². The normalized spacial score (nSPS) is 27.9. The Kier molecular flexibility index (Phi) is 15.8. The summed E-state index contributed by atoms with van der Waals surface area (Å²) in [5.74, 6) is -8.27. The predicted octanol–water partition coefficient (Wildman–Crippen LogP) is 3.65. The highest BCUT2D eigenvalue weighted by Gasteiger charge is 2.45. The lowest BCUT2D eigenvalue weighted by atomic mass is 9.96. The molecule has 48 heavy (non-hydrogen) atoms. The first-order valence-corrected chi connectivity index (χ1v) is 16.5. The summed E-state index contributed by atoms with van der Waals surface area (Å²) in [4.78, 5) is 87.1. The molecule has 1 fully saturated rings. The quantitative estimate of drug-likeness (QED) is 0.204. The molecule has 9 unspecified atom stereocenters. The van der Waals surface area contributed by atoms with Crippen molar-refractivity contribution in [3.63, 3.8) is 0 Å². The number of hydrogen-bond donors (Lipinski definition) is 0. The summed E-state index contributed by atoms with van der Waals surface area (Å²) in [6.07, 6.45) is 0.0867. The third-order valence-electron chi connectivity index (χ3n) is 8.92. The predicted molar refractivity (Wildman–Crippen MR) is 182 cm³/mol. The average molecular weight is 676 g/mol. The van der Waals surface area contributed by atoms with Crippen LogP contribution in [0.3, 0.4) is 0 Å². The van der Waals surface area contributed by atoms with Gasteiger partial charge in [0.15, 0.2) is 18.3 Å². The van der Waals surface area contributed by atoms with E-state index in [0.717, 1.165) is 14.7 Å². The maximum absolute atomic E-state index is 14.0. The minimum absolute atomic E-state index is 0.491. The van der Waals surface area contributed by atoms with E-state index in [-0.39, 0.29) is 0 Å². The van der Waals surface area contributed by atoms with E-state index in [4.69, 9.17) is 14.2 Å². The van der Waals surface area contributed by atoms with Crippen LogP contribution in [0, 0.1) is 35.5 Å². The van der Waals surface area contributed by atoms with E-state index in [1.54, 1.807) is 62.3 Å². The largest absolute Gasteiger partial charge is 0.450 e. The molecule has 0 aromatic carbocycles. The van der Waals surface area contributed by atoms with Gasteiger partial charge in [0, 0.05) is 38.9 Å². The standard InChI is InChI=1S/C36H57N3O9/c1-16-22(10)28-31(40)37(13)26(20(6)7)35(44)47-30(24(12)18-3)33(42)39(15)27(21(8)9)36(45)48-29(23(11)17-2)32(41)38(14)25(19(4)5)34(43)46-28/h16-30H,1-3H2,4-15H3. The third kappa shape index (κ3) is 9.56. The summed E-state index contributed by atoms with van der Waals surface area (Å²) in [7, 11) is 4.18. The molecule has 0 radical (unpaired) electrons. The Labute approximate surface area is 286 Å². The van der Waals surface area contributed by atoms with Gasteiger partial charge in [0.1, 0.15) is 18.1 Å². The highest BCUT2D eigenvalue weighted by Crippen LogP contribution is 2.26. The van der Waals surface area contributed by atoms with Crippen LogP contribution in [-0.4, -0.2) is 108 Å². The summed E-state index contributed by atoms with van der Waals surface area (Å²) >= 11 is 0. The molecule has 0 saturated carbocycles. The second-order valence-corrected chi connectivity index (χ2v) is 13.8. The summed E-state index contributed by atoms with van der Waals surface area (Å²) in [6.45, 7) is 26.4. The number of amides is 3.